The minimum absolute atomic E-state index is 0.0664. The van der Waals surface area contributed by atoms with Crippen molar-refractivity contribution in [3.8, 4) is 0 Å². The van der Waals surface area contributed by atoms with Gasteiger partial charge >= 0.3 is 6.03 Å². The maximum atomic E-state index is 12.2. The second-order valence-electron chi connectivity index (χ2n) is 6.21. The molecular weight excluding hydrogens is 312 g/mol. The second kappa shape index (κ2) is 7.83. The number of urea groups is 1. The van der Waals surface area contributed by atoms with Crippen LogP contribution in [0.4, 0.5) is 4.79 Å². The van der Waals surface area contributed by atoms with Gasteiger partial charge in [0, 0.05) is 39.0 Å². The second-order valence-corrected chi connectivity index (χ2v) is 6.21. The van der Waals surface area contributed by atoms with Gasteiger partial charge in [0.1, 0.15) is 5.65 Å². The number of benzene rings is 1. The monoisotopic (exact) mass is 336 g/mol. The Bertz CT molecular complexity index is 805. The predicted octanol–water partition coefficient (Wildman–Crippen LogP) is 3.28. The van der Waals surface area contributed by atoms with Crippen molar-refractivity contribution in [2.45, 2.75) is 26.3 Å². The number of fused-ring (bicyclic) bond motifs is 1. The van der Waals surface area contributed by atoms with E-state index in [1.807, 2.05) is 42.0 Å². The Balaban J connectivity index is 1.47. The number of aryl methyl sites for hydroxylation is 1. The van der Waals surface area contributed by atoms with Gasteiger partial charge in [-0.3, -0.25) is 0 Å². The molecule has 2 amide bonds. The first-order chi connectivity index (χ1) is 12.2. The number of nitrogens with one attached hydrogen (secondary N) is 1. The maximum absolute atomic E-state index is 12.2. The van der Waals surface area contributed by atoms with Gasteiger partial charge in [0.25, 0.3) is 0 Å². The van der Waals surface area contributed by atoms with Crippen molar-refractivity contribution in [2.24, 2.45) is 0 Å². The van der Waals surface area contributed by atoms with Crippen molar-refractivity contribution in [1.29, 1.82) is 0 Å². The van der Waals surface area contributed by atoms with Gasteiger partial charge < -0.3 is 14.6 Å². The van der Waals surface area contributed by atoms with Gasteiger partial charge in [-0.1, -0.05) is 37.3 Å². The van der Waals surface area contributed by atoms with E-state index in [9.17, 15) is 4.79 Å². The third-order valence-corrected chi connectivity index (χ3v) is 4.27. The quantitative estimate of drug-likeness (QED) is 0.751. The zero-order valence-corrected chi connectivity index (χ0v) is 14.8. The molecule has 0 spiro atoms. The molecule has 5 nitrogen and oxygen atoms in total. The van der Waals surface area contributed by atoms with Crippen LogP contribution in [0.1, 0.15) is 23.7 Å². The van der Waals surface area contributed by atoms with E-state index >= 15 is 0 Å². The SMILES string of the molecule is CCc1ccc(CN(C)C(=O)NCCc2cn3ccccc3n2)cc1. The Morgan fingerprint density at radius 3 is 2.64 bits per heavy atom. The summed E-state index contributed by atoms with van der Waals surface area (Å²) in [6.45, 7) is 3.31. The largest absolute Gasteiger partial charge is 0.338 e. The molecule has 0 aliphatic rings. The summed E-state index contributed by atoms with van der Waals surface area (Å²) < 4.78 is 1.99. The van der Waals surface area contributed by atoms with Gasteiger partial charge in [-0.25, -0.2) is 9.78 Å². The molecule has 0 atom stereocenters. The van der Waals surface area contributed by atoms with E-state index in [4.69, 9.17) is 0 Å². The number of carbonyl (C=O) groups is 1. The molecule has 0 radical (unpaired) electrons. The average Bonchev–Trinajstić information content (AvgIpc) is 3.05. The molecule has 0 aliphatic carbocycles. The lowest BCUT2D eigenvalue weighted by molar-refractivity contribution is 0.207. The Kier molecular flexibility index (Phi) is 5.33. The van der Waals surface area contributed by atoms with E-state index in [2.05, 4.69) is 41.5 Å². The molecule has 5 heteroatoms. The fourth-order valence-corrected chi connectivity index (χ4v) is 2.77. The van der Waals surface area contributed by atoms with E-state index in [-0.39, 0.29) is 6.03 Å². The minimum Gasteiger partial charge on any atom is -0.338 e. The number of aromatic nitrogens is 2. The molecule has 3 aromatic rings. The van der Waals surface area contributed by atoms with Crippen LogP contribution in [0.15, 0.2) is 54.9 Å². The molecule has 2 heterocycles. The lowest BCUT2D eigenvalue weighted by Gasteiger charge is -2.18. The van der Waals surface area contributed by atoms with E-state index < -0.39 is 0 Å². The summed E-state index contributed by atoms with van der Waals surface area (Å²) in [5.41, 5.74) is 4.35. The highest BCUT2D eigenvalue weighted by atomic mass is 16.2. The van der Waals surface area contributed by atoms with E-state index in [0.29, 0.717) is 19.5 Å². The van der Waals surface area contributed by atoms with Crippen LogP contribution < -0.4 is 5.32 Å². The van der Waals surface area contributed by atoms with Crippen LogP contribution in [0.2, 0.25) is 0 Å². The van der Waals surface area contributed by atoms with Crippen LogP contribution >= 0.6 is 0 Å². The number of nitrogens with zero attached hydrogens (tertiary/aromatic N) is 3. The van der Waals surface area contributed by atoms with Gasteiger partial charge in [0.05, 0.1) is 5.69 Å². The first-order valence-electron chi connectivity index (χ1n) is 8.65. The van der Waals surface area contributed by atoms with E-state index in [1.54, 1.807) is 4.90 Å². The normalized spacial score (nSPS) is 10.8. The van der Waals surface area contributed by atoms with E-state index in [1.165, 1.54) is 5.56 Å². The summed E-state index contributed by atoms with van der Waals surface area (Å²) in [5, 5.41) is 2.96. The van der Waals surface area contributed by atoms with Crippen LogP contribution in [0.3, 0.4) is 0 Å². The van der Waals surface area contributed by atoms with Gasteiger partial charge in [-0.2, -0.15) is 0 Å². The number of imidazole rings is 1. The highest BCUT2D eigenvalue weighted by Gasteiger charge is 2.09. The average molecular weight is 336 g/mol. The molecule has 0 aliphatic heterocycles. The highest BCUT2D eigenvalue weighted by Crippen LogP contribution is 2.08. The molecule has 0 saturated heterocycles. The van der Waals surface area contributed by atoms with Crippen LogP contribution in [-0.2, 0) is 19.4 Å². The molecule has 0 fully saturated rings. The van der Waals surface area contributed by atoms with Gasteiger partial charge in [0.15, 0.2) is 0 Å². The van der Waals surface area contributed by atoms with Crippen molar-refractivity contribution in [3.05, 3.63) is 71.7 Å². The van der Waals surface area contributed by atoms with Crippen molar-refractivity contribution >= 4 is 11.7 Å². The highest BCUT2D eigenvalue weighted by molar-refractivity contribution is 5.73. The summed E-state index contributed by atoms with van der Waals surface area (Å²) in [5.74, 6) is 0. The number of carbonyl (C=O) groups excluding carboxylic acids is 1. The molecule has 2 aromatic heterocycles. The number of hydrogen-bond acceptors (Lipinski definition) is 2. The van der Waals surface area contributed by atoms with E-state index in [0.717, 1.165) is 23.3 Å². The Morgan fingerprint density at radius 1 is 1.16 bits per heavy atom. The Hall–Kier alpha value is -2.82. The summed E-state index contributed by atoms with van der Waals surface area (Å²) >= 11 is 0. The fourth-order valence-electron chi connectivity index (χ4n) is 2.77. The number of pyridine rings is 1. The van der Waals surface area contributed by atoms with Crippen molar-refractivity contribution in [2.75, 3.05) is 13.6 Å². The van der Waals surface area contributed by atoms with Gasteiger partial charge in [-0.05, 0) is 29.7 Å². The predicted molar refractivity (Wildman–Crippen MR) is 99.6 cm³/mol. The van der Waals surface area contributed by atoms with Gasteiger partial charge in [0.2, 0.25) is 0 Å². The van der Waals surface area contributed by atoms with Crippen molar-refractivity contribution in [3.63, 3.8) is 0 Å². The molecule has 0 unspecified atom stereocenters. The Labute approximate surface area is 148 Å². The summed E-state index contributed by atoms with van der Waals surface area (Å²) in [6, 6.07) is 14.2. The van der Waals surface area contributed by atoms with Gasteiger partial charge in [-0.15, -0.1) is 0 Å². The summed E-state index contributed by atoms with van der Waals surface area (Å²) in [6.07, 6.45) is 5.72. The van der Waals surface area contributed by atoms with Crippen molar-refractivity contribution < 1.29 is 4.79 Å². The molecule has 0 saturated carbocycles. The zero-order valence-electron chi connectivity index (χ0n) is 14.8. The molecular formula is C20H24N4O. The van der Waals surface area contributed by atoms with Crippen LogP contribution in [0.5, 0.6) is 0 Å². The maximum Gasteiger partial charge on any atom is 0.317 e. The molecule has 130 valence electrons. The van der Waals surface area contributed by atoms with Crippen molar-refractivity contribution in [1.82, 2.24) is 19.6 Å². The van der Waals surface area contributed by atoms with Crippen LogP contribution in [0, 0.1) is 0 Å². The molecule has 25 heavy (non-hydrogen) atoms. The first kappa shape index (κ1) is 17.0. The fraction of sp³-hybridized carbons (Fsp3) is 0.300. The molecule has 1 N–H and O–H groups in total. The zero-order chi connectivity index (χ0) is 17.6. The standard InChI is InChI=1S/C20H24N4O/c1-3-16-7-9-17(10-8-16)14-23(2)20(25)21-12-11-18-15-24-13-5-4-6-19(24)22-18/h4-10,13,15H,3,11-12,14H2,1-2H3,(H,21,25). The Morgan fingerprint density at radius 2 is 1.92 bits per heavy atom. The number of amides is 2. The number of rotatable bonds is 6. The summed E-state index contributed by atoms with van der Waals surface area (Å²) in [7, 11) is 1.81. The van der Waals surface area contributed by atoms with Crippen LogP contribution in [-0.4, -0.2) is 33.9 Å². The molecule has 1 aromatic carbocycles. The molecule has 0 bridgehead atoms. The number of hydrogen-bond donors (Lipinski definition) is 1. The summed E-state index contributed by atoms with van der Waals surface area (Å²) in [4.78, 5) is 18.5. The minimum atomic E-state index is -0.0664. The lowest BCUT2D eigenvalue weighted by atomic mass is 10.1. The van der Waals surface area contributed by atoms with Crippen LogP contribution in [0.25, 0.3) is 5.65 Å². The third-order valence-electron chi connectivity index (χ3n) is 4.27. The topological polar surface area (TPSA) is 49.6 Å². The molecule has 3 rings (SSSR count). The lowest BCUT2D eigenvalue weighted by Crippen LogP contribution is -2.37. The third kappa shape index (κ3) is 4.38. The first-order valence-corrected chi connectivity index (χ1v) is 8.65. The smallest absolute Gasteiger partial charge is 0.317 e.